The minimum absolute atomic E-state index is 0.158. The molecule has 0 saturated carbocycles. The maximum atomic E-state index is 12.1. The second kappa shape index (κ2) is 23.4. The Morgan fingerprint density at radius 1 is 1.13 bits per heavy atom. The first kappa shape index (κ1) is 42.0. The first-order valence-corrected chi connectivity index (χ1v) is 17.2. The van der Waals surface area contributed by atoms with Crippen LogP contribution in [0.15, 0.2) is 59.4 Å². The summed E-state index contributed by atoms with van der Waals surface area (Å²) in [6.07, 6.45) is 12.4. The smallest absolute Gasteiger partial charge is 0.387 e. The Bertz CT molecular complexity index is 1220. The zero-order chi connectivity index (χ0) is 34.4. The average Bonchev–Trinajstić information content (AvgIpc) is 3.68. The average molecular weight is 650 g/mol. The van der Waals surface area contributed by atoms with Gasteiger partial charge in [0, 0.05) is 47.5 Å². The van der Waals surface area contributed by atoms with Crippen molar-refractivity contribution in [3.63, 3.8) is 0 Å². The fourth-order valence-corrected chi connectivity index (χ4v) is 5.78. The number of rotatable bonds is 12. The molecule has 0 amide bonds. The monoisotopic (exact) mass is 649 g/mol. The van der Waals surface area contributed by atoms with Crippen LogP contribution in [0.2, 0.25) is 0 Å². The van der Waals surface area contributed by atoms with Crippen molar-refractivity contribution in [2.24, 2.45) is 0 Å². The molecule has 0 radical (unpaired) electrons. The Morgan fingerprint density at radius 2 is 1.80 bits per heavy atom. The van der Waals surface area contributed by atoms with Gasteiger partial charge < -0.3 is 15.6 Å². The molecular formula is C37H58F3N3OS. The molecule has 45 heavy (non-hydrogen) atoms. The van der Waals surface area contributed by atoms with Crippen molar-refractivity contribution >= 4 is 23.2 Å². The van der Waals surface area contributed by atoms with Gasteiger partial charge in [-0.25, -0.2) is 0 Å². The number of dihydropyridines is 1. The van der Waals surface area contributed by atoms with E-state index < -0.39 is 11.7 Å². The molecule has 2 aromatic heterocycles. The molecule has 1 aliphatic rings. The van der Waals surface area contributed by atoms with Gasteiger partial charge in [-0.15, -0.1) is 17.9 Å². The Balaban J connectivity index is 0.000000622. The van der Waals surface area contributed by atoms with Crippen LogP contribution in [0.4, 0.5) is 13.2 Å². The van der Waals surface area contributed by atoms with Crippen molar-refractivity contribution in [2.45, 2.75) is 119 Å². The fraction of sp³-hybridized carbons (Fsp3) is 0.541. The van der Waals surface area contributed by atoms with Gasteiger partial charge in [0.2, 0.25) is 0 Å². The van der Waals surface area contributed by atoms with Crippen LogP contribution in [-0.4, -0.2) is 31.0 Å². The minimum atomic E-state index is -4.23. The molecule has 3 heterocycles. The summed E-state index contributed by atoms with van der Waals surface area (Å²) < 4.78 is 36.3. The first-order chi connectivity index (χ1) is 21.4. The van der Waals surface area contributed by atoms with Crippen molar-refractivity contribution in [3.8, 4) is 0 Å². The molecule has 1 unspecified atom stereocenters. The number of allylic oxidation sites excluding steroid dienone is 4. The van der Waals surface area contributed by atoms with E-state index in [0.717, 1.165) is 50.0 Å². The molecule has 1 aliphatic heterocycles. The number of hydrogen-bond acceptors (Lipinski definition) is 4. The highest BCUT2D eigenvalue weighted by molar-refractivity contribution is 7.10. The number of aldehydes is 1. The van der Waals surface area contributed by atoms with Crippen LogP contribution in [0.3, 0.4) is 0 Å². The molecule has 8 heteroatoms. The number of halogens is 3. The zero-order valence-corrected chi connectivity index (χ0v) is 30.0. The highest BCUT2D eigenvalue weighted by atomic mass is 32.1. The van der Waals surface area contributed by atoms with Crippen molar-refractivity contribution in [1.82, 2.24) is 15.6 Å². The number of alkyl halides is 3. The van der Waals surface area contributed by atoms with Gasteiger partial charge in [0.25, 0.3) is 0 Å². The van der Waals surface area contributed by atoms with Crippen LogP contribution in [0.5, 0.6) is 0 Å². The summed E-state index contributed by atoms with van der Waals surface area (Å²) in [6, 6.07) is 2.24. The Hall–Kier alpha value is -3.00. The van der Waals surface area contributed by atoms with Gasteiger partial charge in [-0.05, 0) is 87.1 Å². The van der Waals surface area contributed by atoms with Gasteiger partial charge >= 0.3 is 6.18 Å². The van der Waals surface area contributed by atoms with E-state index in [4.69, 9.17) is 0 Å². The van der Waals surface area contributed by atoms with Crippen LogP contribution in [0.1, 0.15) is 132 Å². The predicted molar refractivity (Wildman–Crippen MR) is 190 cm³/mol. The lowest BCUT2D eigenvalue weighted by atomic mass is 9.92. The number of thiophene rings is 1. The van der Waals surface area contributed by atoms with Gasteiger partial charge in [-0.1, -0.05) is 66.0 Å². The quantitative estimate of drug-likeness (QED) is 0.158. The van der Waals surface area contributed by atoms with Gasteiger partial charge in [-0.2, -0.15) is 13.2 Å². The third kappa shape index (κ3) is 14.8. The lowest BCUT2D eigenvalue weighted by Crippen LogP contribution is -2.27. The normalized spacial score (nSPS) is 13.5. The fourth-order valence-electron chi connectivity index (χ4n) is 4.69. The summed E-state index contributed by atoms with van der Waals surface area (Å²) in [5, 5.41) is 7.16. The van der Waals surface area contributed by atoms with Crippen LogP contribution in [0, 0.1) is 0 Å². The standard InChI is InChI=1S/C15H25N.C12H18OS.C7H9F3N2.C3H6/c1-6-11(4)13(8-3)14-9-10-16-15(14)12(5)7-2;1-3-5-7-12-11(6-4-2)10(8-13)9-14-12;1-11-6-2-5(3-12-4-6)7(8,9)10;1-3-2/h9-10,12,16H,6-8H2,1-5H3;8-9H,3-7H2,1-2H3;2,4,11-12H,3H2,1H3;3H,1H2,2H3. The summed E-state index contributed by atoms with van der Waals surface area (Å²) in [7, 11) is 1.57. The maximum Gasteiger partial charge on any atom is 0.414 e. The third-order valence-corrected chi connectivity index (χ3v) is 8.65. The highest BCUT2D eigenvalue weighted by Crippen LogP contribution is 2.31. The van der Waals surface area contributed by atoms with Crippen LogP contribution < -0.4 is 10.6 Å². The Kier molecular flexibility index (Phi) is 21.8. The number of aryl methyl sites for hydroxylation is 1. The number of H-pyrrole nitrogens is 1. The van der Waals surface area contributed by atoms with Gasteiger partial charge in [0.1, 0.15) is 0 Å². The van der Waals surface area contributed by atoms with Crippen molar-refractivity contribution in [2.75, 3.05) is 13.6 Å². The lowest BCUT2D eigenvalue weighted by molar-refractivity contribution is -0.0929. The molecule has 0 aromatic carbocycles. The molecule has 0 saturated heterocycles. The van der Waals surface area contributed by atoms with E-state index in [1.165, 1.54) is 58.3 Å². The summed E-state index contributed by atoms with van der Waals surface area (Å²) >= 11 is 1.75. The van der Waals surface area contributed by atoms with E-state index in [1.807, 2.05) is 12.3 Å². The van der Waals surface area contributed by atoms with Crippen LogP contribution in [0.25, 0.3) is 5.57 Å². The number of aromatic nitrogens is 1. The molecule has 0 fully saturated rings. The zero-order valence-electron chi connectivity index (χ0n) is 29.1. The van der Waals surface area contributed by atoms with E-state index in [2.05, 4.69) is 82.9 Å². The molecular weight excluding hydrogens is 591 g/mol. The molecule has 0 spiro atoms. The van der Waals surface area contributed by atoms with Gasteiger partial charge in [0.05, 0.1) is 11.3 Å². The molecule has 3 N–H and O–H groups in total. The lowest BCUT2D eigenvalue weighted by Gasteiger charge is -2.17. The van der Waals surface area contributed by atoms with E-state index in [1.54, 1.807) is 24.5 Å². The molecule has 254 valence electrons. The molecule has 1 atom stereocenters. The second-order valence-electron chi connectivity index (χ2n) is 11.0. The minimum Gasteiger partial charge on any atom is -0.387 e. The van der Waals surface area contributed by atoms with Crippen molar-refractivity contribution < 1.29 is 18.0 Å². The summed E-state index contributed by atoms with van der Waals surface area (Å²) in [4.78, 5) is 15.6. The number of likely N-dealkylation sites (N-methyl/N-ethyl adjacent to an activating group) is 1. The SMILES string of the molecule is C=CC.CCC(C)=C(CC)c1cc[nH]c1C(C)CC.CCCCc1scc(C=O)c1CCC.CNC1=CNCC(C(F)(F)F)=C1. The largest absolute Gasteiger partial charge is 0.414 e. The van der Waals surface area contributed by atoms with E-state index in [-0.39, 0.29) is 6.54 Å². The molecule has 2 aromatic rings. The third-order valence-electron chi connectivity index (χ3n) is 7.54. The summed E-state index contributed by atoms with van der Waals surface area (Å²) in [5.41, 5.74) is 8.00. The van der Waals surface area contributed by atoms with Crippen molar-refractivity contribution in [1.29, 1.82) is 0 Å². The predicted octanol–water partition coefficient (Wildman–Crippen LogP) is 11.3. The van der Waals surface area contributed by atoms with E-state index >= 15 is 0 Å². The number of carbonyl (C=O) groups is 1. The van der Waals surface area contributed by atoms with Gasteiger partial charge in [0.15, 0.2) is 6.29 Å². The Labute approximate surface area is 275 Å². The summed E-state index contributed by atoms with van der Waals surface area (Å²) in [6.45, 7) is 20.7. The second-order valence-corrected chi connectivity index (χ2v) is 11.9. The molecule has 3 rings (SSSR count). The summed E-state index contributed by atoms with van der Waals surface area (Å²) in [5.74, 6) is 0.621. The number of carbonyl (C=O) groups excluding carboxylic acids is 1. The van der Waals surface area contributed by atoms with E-state index in [0.29, 0.717) is 11.6 Å². The number of hydrogen-bond donors (Lipinski definition) is 3. The number of nitrogens with one attached hydrogen (secondary N) is 3. The highest BCUT2D eigenvalue weighted by Gasteiger charge is 2.34. The van der Waals surface area contributed by atoms with Gasteiger partial charge in [-0.3, -0.25) is 4.79 Å². The molecule has 0 aliphatic carbocycles. The molecule has 4 nitrogen and oxygen atoms in total. The van der Waals surface area contributed by atoms with E-state index in [9.17, 15) is 18.0 Å². The molecule has 0 bridgehead atoms. The topological polar surface area (TPSA) is 56.9 Å². The number of unbranched alkanes of at least 4 members (excludes halogenated alkanes) is 1. The maximum absolute atomic E-state index is 12.1. The van der Waals surface area contributed by atoms with Crippen molar-refractivity contribution in [3.05, 3.63) is 86.7 Å². The number of aromatic amines is 1. The Morgan fingerprint density at radius 3 is 2.29 bits per heavy atom. The van der Waals surface area contributed by atoms with Crippen LogP contribution in [-0.2, 0) is 12.8 Å². The van der Waals surface area contributed by atoms with Crippen LogP contribution >= 0.6 is 11.3 Å². The first-order valence-electron chi connectivity index (χ1n) is 16.3.